The number of nitrogens with one attached hydrogen (secondary N) is 4. The molecule has 6 rings (SSSR count). The molecule has 2 aromatic carbocycles. The summed E-state index contributed by atoms with van der Waals surface area (Å²) in [5, 5.41) is 31.4. The summed E-state index contributed by atoms with van der Waals surface area (Å²) in [4.78, 5) is 37.6. The minimum absolute atomic E-state index is 0.153. The summed E-state index contributed by atoms with van der Waals surface area (Å²) in [6, 6.07) is 18.8. The van der Waals surface area contributed by atoms with Gasteiger partial charge in [0.15, 0.2) is 12.4 Å². The number of hydrogen-bond acceptors (Lipinski definition) is 11. The van der Waals surface area contributed by atoms with Crippen LogP contribution in [0.4, 0.5) is 0 Å². The van der Waals surface area contributed by atoms with Crippen molar-refractivity contribution < 1.29 is 24.8 Å². The third-order valence-corrected chi connectivity index (χ3v) is 9.59. The molecule has 2 aromatic heterocycles. The van der Waals surface area contributed by atoms with Gasteiger partial charge < -0.3 is 15.5 Å². The number of para-hydroxylation sites is 2. The molecule has 312 valence electrons. The number of aromatic hydroxyl groups is 2. The largest absolute Gasteiger partial charge is 0.507 e. The average Bonchev–Trinajstić information content (AvgIpc) is 3.26. The number of rotatable bonds is 15. The van der Waals surface area contributed by atoms with Crippen LogP contribution in [0.25, 0.3) is 0 Å². The lowest BCUT2D eigenvalue weighted by molar-refractivity contribution is -0.378. The van der Waals surface area contributed by atoms with Gasteiger partial charge in [0.1, 0.15) is 11.5 Å². The number of phenolic OH excluding ortho intramolecular Hbond substituents is 2. The zero-order valence-electron chi connectivity index (χ0n) is 33.5. The smallest absolute Gasteiger partial charge is 0.254 e. The van der Waals surface area contributed by atoms with Crippen molar-refractivity contribution in [3.8, 4) is 11.5 Å². The van der Waals surface area contributed by atoms with Crippen LogP contribution in [0.1, 0.15) is 33.4 Å². The molecule has 4 heterocycles. The molecule has 59 heavy (non-hydrogen) atoms. The van der Waals surface area contributed by atoms with Crippen LogP contribution in [0.5, 0.6) is 11.5 Å². The summed E-state index contributed by atoms with van der Waals surface area (Å²) in [5.41, 5.74) is 10.1. The van der Waals surface area contributed by atoms with Crippen LogP contribution >= 0.6 is 11.6 Å². The van der Waals surface area contributed by atoms with E-state index in [0.717, 1.165) is 75.6 Å². The number of nitrogens with zero attached hydrogens (tertiary/aromatic N) is 6. The number of carbonyl (C=O) groups is 2. The van der Waals surface area contributed by atoms with Gasteiger partial charge in [-0.1, -0.05) is 42.5 Å². The Hall–Kier alpha value is -5.77. The summed E-state index contributed by atoms with van der Waals surface area (Å²) in [7, 11) is 0. The molecule has 0 aliphatic carbocycles. The van der Waals surface area contributed by atoms with Gasteiger partial charge in [-0.15, -0.1) is 24.8 Å². The molecule has 2 aliphatic rings. The number of H-pyrrole nitrogens is 1. The fourth-order valence-corrected chi connectivity index (χ4v) is 6.30. The predicted octanol–water partition coefficient (Wildman–Crippen LogP) is 3.50. The number of aromatic amines is 1. The Labute approximate surface area is 352 Å². The van der Waals surface area contributed by atoms with Crippen molar-refractivity contribution in [2.45, 2.75) is 25.3 Å². The van der Waals surface area contributed by atoms with Crippen LogP contribution in [-0.4, -0.2) is 120 Å². The number of aromatic nitrogens is 2. The molecular formula is C44H56ClN10O4+. The number of halogens is 1. The van der Waals surface area contributed by atoms with Crippen LogP contribution in [-0.2, 0) is 34.9 Å². The second-order valence-corrected chi connectivity index (χ2v) is 14.0. The molecule has 6 N–H and O–H groups in total. The van der Waals surface area contributed by atoms with Crippen LogP contribution < -0.4 is 21.2 Å². The van der Waals surface area contributed by atoms with Gasteiger partial charge in [-0.3, -0.25) is 29.3 Å². The standard InChI is InChI=1S/C22H27N5O2.C16H22N4O2.C6H6ClN/c1-2-5-19-7-3-8-20(22(19)29)15-24-25-21(28)17-27-12-10-26(11-13-27)16-18-6-4-9-23-14-18;1-2-4-13-5-3-6-14(16(13)22)11-18-19-15(21)12-20-9-7-17-8-10-20;7-4-6-2-1-3-8-5-6/h2-4,6-9,14-15,29H,1,5,10-13,16-17H2,(H,25,28);2-3,5-6,11,17,22H,1,4,7-10,12H2,(H,19,21);1-3,5H,4H2/p+1/b24-15+;18-11+;. The van der Waals surface area contributed by atoms with E-state index in [0.29, 0.717) is 42.9 Å². The Morgan fingerprint density at radius 2 is 1.31 bits per heavy atom. The first-order valence-electron chi connectivity index (χ1n) is 19.5. The van der Waals surface area contributed by atoms with E-state index in [2.05, 4.69) is 70.3 Å². The zero-order chi connectivity index (χ0) is 42.1. The highest BCUT2D eigenvalue weighted by molar-refractivity contribution is 6.17. The summed E-state index contributed by atoms with van der Waals surface area (Å²) in [6.45, 7) is 15.9. The Morgan fingerprint density at radius 1 is 0.763 bits per heavy atom. The van der Waals surface area contributed by atoms with Crippen LogP contribution in [0.3, 0.4) is 0 Å². The van der Waals surface area contributed by atoms with E-state index < -0.39 is 0 Å². The van der Waals surface area contributed by atoms with Gasteiger partial charge in [0.2, 0.25) is 0 Å². The highest BCUT2D eigenvalue weighted by Crippen LogP contribution is 2.22. The highest BCUT2D eigenvalue weighted by Gasteiger charge is 2.19. The Kier molecular flexibility index (Phi) is 20.5. The Balaban J connectivity index is 0.000000225. The predicted molar refractivity (Wildman–Crippen MR) is 233 cm³/mol. The van der Waals surface area contributed by atoms with E-state index in [1.165, 1.54) is 18.0 Å². The van der Waals surface area contributed by atoms with E-state index >= 15 is 0 Å². The number of carbonyl (C=O) groups excluding carboxylic acids is 2. The number of benzene rings is 2. The highest BCUT2D eigenvalue weighted by atomic mass is 35.5. The molecule has 2 fully saturated rings. The van der Waals surface area contributed by atoms with Crippen LogP contribution in [0, 0.1) is 0 Å². The Morgan fingerprint density at radius 3 is 1.78 bits per heavy atom. The molecule has 15 heteroatoms. The quantitative estimate of drug-likeness (QED) is 0.0521. The van der Waals surface area contributed by atoms with Crippen LogP contribution in [0.2, 0.25) is 0 Å². The lowest BCUT2D eigenvalue weighted by Crippen LogP contribution is -2.48. The SMILES string of the molecule is C=CCc1cccc(/C=N/NC(=O)CN2CCN(Cc3cccnc3)CC2)c1O.C=CCc1cccc(/C=N/NC(=O)CN2CCNCC2)c1O.ClCc1ccc[nH+]c1. The monoisotopic (exact) mass is 823 g/mol. The number of hydrogen-bond donors (Lipinski definition) is 5. The molecule has 2 saturated heterocycles. The number of amides is 2. The van der Waals surface area contributed by atoms with E-state index in [-0.39, 0.29) is 23.3 Å². The maximum atomic E-state index is 12.2. The zero-order valence-corrected chi connectivity index (χ0v) is 34.2. The summed E-state index contributed by atoms with van der Waals surface area (Å²) in [5.74, 6) is 0.596. The maximum absolute atomic E-state index is 12.2. The van der Waals surface area contributed by atoms with Crippen molar-refractivity contribution in [3.63, 3.8) is 0 Å². The maximum Gasteiger partial charge on any atom is 0.254 e. The van der Waals surface area contributed by atoms with Crippen molar-refractivity contribution in [2.24, 2.45) is 10.2 Å². The molecule has 0 atom stereocenters. The number of pyridine rings is 2. The number of hydrazone groups is 2. The molecule has 0 unspecified atom stereocenters. The number of allylic oxidation sites excluding steroid dienone is 2. The minimum Gasteiger partial charge on any atom is -0.507 e. The number of alkyl halides is 1. The lowest BCUT2D eigenvalue weighted by Gasteiger charge is -2.34. The van der Waals surface area contributed by atoms with Crippen molar-refractivity contribution in [3.05, 3.63) is 144 Å². The molecule has 4 aromatic rings. The topological polar surface area (TPSA) is 172 Å². The average molecular weight is 824 g/mol. The van der Waals surface area contributed by atoms with Crippen molar-refractivity contribution in [1.82, 2.24) is 35.9 Å². The van der Waals surface area contributed by atoms with Gasteiger partial charge in [0.25, 0.3) is 11.8 Å². The number of phenols is 2. The van der Waals surface area contributed by atoms with E-state index in [1.807, 2.05) is 61.1 Å². The van der Waals surface area contributed by atoms with Crippen molar-refractivity contribution in [2.75, 3.05) is 65.4 Å². The molecule has 0 spiro atoms. The minimum atomic E-state index is -0.163. The number of piperazine rings is 2. The second-order valence-electron chi connectivity index (χ2n) is 13.8. The summed E-state index contributed by atoms with van der Waals surface area (Å²) >= 11 is 5.51. The molecule has 2 aliphatic heterocycles. The fourth-order valence-electron chi connectivity index (χ4n) is 6.13. The molecule has 14 nitrogen and oxygen atoms in total. The summed E-state index contributed by atoms with van der Waals surface area (Å²) in [6.07, 6.45) is 15.0. The fraction of sp³-hybridized carbons (Fsp3) is 0.318. The van der Waals surface area contributed by atoms with E-state index in [1.54, 1.807) is 30.5 Å². The van der Waals surface area contributed by atoms with Crippen molar-refractivity contribution >= 4 is 35.8 Å². The van der Waals surface area contributed by atoms with Crippen LogP contribution in [0.15, 0.2) is 121 Å². The first-order valence-corrected chi connectivity index (χ1v) is 20.1. The molecule has 0 saturated carbocycles. The normalized spacial score (nSPS) is 14.7. The first kappa shape index (κ1) is 45.9. The third-order valence-electron chi connectivity index (χ3n) is 9.28. The lowest BCUT2D eigenvalue weighted by atomic mass is 10.1. The van der Waals surface area contributed by atoms with Gasteiger partial charge in [0, 0.05) is 94.1 Å². The summed E-state index contributed by atoms with van der Waals surface area (Å²) < 4.78 is 0. The Bertz CT molecular complexity index is 1950. The van der Waals surface area contributed by atoms with Gasteiger partial charge in [-0.2, -0.15) is 10.2 Å². The molecular weight excluding hydrogens is 768 g/mol. The van der Waals surface area contributed by atoms with Crippen molar-refractivity contribution in [1.29, 1.82) is 0 Å². The van der Waals surface area contributed by atoms with Gasteiger partial charge in [0.05, 0.1) is 31.4 Å². The van der Waals surface area contributed by atoms with Gasteiger partial charge in [-0.25, -0.2) is 15.8 Å². The van der Waals surface area contributed by atoms with E-state index in [9.17, 15) is 19.8 Å². The second kappa shape index (κ2) is 26.3. The third kappa shape index (κ3) is 16.9. The molecule has 0 bridgehead atoms. The molecule has 0 radical (unpaired) electrons. The van der Waals surface area contributed by atoms with E-state index in [4.69, 9.17) is 11.6 Å². The molecule has 2 amide bonds. The van der Waals surface area contributed by atoms with Gasteiger partial charge >= 0.3 is 0 Å². The van der Waals surface area contributed by atoms with Gasteiger partial charge in [-0.05, 0) is 53.8 Å². The first-order chi connectivity index (χ1) is 28.8.